The Morgan fingerprint density at radius 2 is 1.68 bits per heavy atom. The summed E-state index contributed by atoms with van der Waals surface area (Å²) in [6.45, 7) is 0.882. The molecule has 0 atom stereocenters. The summed E-state index contributed by atoms with van der Waals surface area (Å²) in [4.78, 5) is 24.5. The number of nitrogens with zero attached hydrogens (tertiary/aromatic N) is 2. The molecule has 0 bridgehead atoms. The summed E-state index contributed by atoms with van der Waals surface area (Å²) in [5.41, 5.74) is 3.45. The lowest BCUT2D eigenvalue weighted by Gasteiger charge is -2.11. The first-order chi connectivity index (χ1) is 11.8. The maximum atomic E-state index is 9.10. The highest BCUT2D eigenvalue weighted by molar-refractivity contribution is 6.30. The zero-order valence-electron chi connectivity index (χ0n) is 13.9. The van der Waals surface area contributed by atoms with E-state index in [0.717, 1.165) is 22.7 Å². The lowest BCUT2D eigenvalue weighted by molar-refractivity contribution is -0.159. The average molecular weight is 363 g/mol. The number of aromatic nitrogens is 1. The second-order valence-corrected chi connectivity index (χ2v) is 5.68. The van der Waals surface area contributed by atoms with E-state index in [0.29, 0.717) is 0 Å². The van der Waals surface area contributed by atoms with Gasteiger partial charge in [-0.25, -0.2) is 9.59 Å². The molecule has 7 heteroatoms. The molecule has 0 radical (unpaired) electrons. The van der Waals surface area contributed by atoms with E-state index in [4.69, 9.17) is 31.4 Å². The molecule has 1 aromatic carbocycles. The van der Waals surface area contributed by atoms with Gasteiger partial charge < -0.3 is 15.1 Å². The molecule has 1 heterocycles. The van der Waals surface area contributed by atoms with Crippen molar-refractivity contribution in [1.29, 1.82) is 0 Å². The van der Waals surface area contributed by atoms with Crippen LogP contribution in [-0.2, 0) is 9.59 Å². The monoisotopic (exact) mass is 362 g/mol. The smallest absolute Gasteiger partial charge is 0.414 e. The molecular formula is C18H19ClN2O4. The molecule has 0 saturated heterocycles. The van der Waals surface area contributed by atoms with E-state index in [9.17, 15) is 0 Å². The van der Waals surface area contributed by atoms with Crippen LogP contribution in [0, 0.1) is 0 Å². The third kappa shape index (κ3) is 7.60. The summed E-state index contributed by atoms with van der Waals surface area (Å²) in [5, 5.41) is 15.5. The number of aliphatic carboxylic acids is 2. The van der Waals surface area contributed by atoms with Gasteiger partial charge in [0.05, 0.1) is 0 Å². The third-order valence-electron chi connectivity index (χ3n) is 2.97. The lowest BCUT2D eigenvalue weighted by atomic mass is 9.99. The summed E-state index contributed by atoms with van der Waals surface area (Å²) < 4.78 is 0. The van der Waals surface area contributed by atoms with Gasteiger partial charge in [0.2, 0.25) is 0 Å². The minimum absolute atomic E-state index is 0.752. The molecule has 0 saturated carbocycles. The number of carboxylic acids is 2. The fourth-order valence-electron chi connectivity index (χ4n) is 1.83. The van der Waals surface area contributed by atoms with E-state index < -0.39 is 11.9 Å². The molecule has 2 N–H and O–H groups in total. The number of carboxylic acid groups (broad SMARTS) is 2. The fourth-order valence-corrected chi connectivity index (χ4v) is 1.95. The zero-order valence-corrected chi connectivity index (χ0v) is 14.6. The number of hydrogen-bond donors (Lipinski definition) is 2. The number of carbonyl (C=O) groups is 2. The first-order valence-corrected chi connectivity index (χ1v) is 7.66. The molecule has 2 aromatic rings. The molecule has 2 rings (SSSR count). The lowest BCUT2D eigenvalue weighted by Crippen LogP contribution is -2.11. The Morgan fingerprint density at radius 3 is 2.12 bits per heavy atom. The van der Waals surface area contributed by atoms with Crippen molar-refractivity contribution in [3.63, 3.8) is 0 Å². The van der Waals surface area contributed by atoms with Crippen LogP contribution in [-0.4, -0.2) is 52.7 Å². The van der Waals surface area contributed by atoms with E-state index >= 15 is 0 Å². The molecule has 1 aromatic heterocycles. The summed E-state index contributed by atoms with van der Waals surface area (Å²) in [5.74, 6) is -3.65. The minimum Gasteiger partial charge on any atom is -0.473 e. The first kappa shape index (κ1) is 20.3. The second-order valence-electron chi connectivity index (χ2n) is 5.24. The van der Waals surface area contributed by atoms with Gasteiger partial charge in [0.25, 0.3) is 0 Å². The highest BCUT2D eigenvalue weighted by atomic mass is 35.5. The van der Waals surface area contributed by atoms with Crippen molar-refractivity contribution in [3.05, 3.63) is 71.0 Å². The Morgan fingerprint density at radius 1 is 1.08 bits per heavy atom. The Labute approximate surface area is 151 Å². The van der Waals surface area contributed by atoms with Crippen molar-refractivity contribution in [1.82, 2.24) is 9.88 Å². The number of benzene rings is 1. The van der Waals surface area contributed by atoms with Gasteiger partial charge in [-0.1, -0.05) is 35.9 Å². The number of likely N-dealkylation sites (N-methyl/N-ethyl adjacent to an activating group) is 1. The van der Waals surface area contributed by atoms with Crippen LogP contribution >= 0.6 is 11.6 Å². The van der Waals surface area contributed by atoms with Crippen LogP contribution in [0.5, 0.6) is 0 Å². The Balaban J connectivity index is 0.000000450. The Bertz CT molecular complexity index is 717. The quantitative estimate of drug-likeness (QED) is 0.813. The van der Waals surface area contributed by atoms with Crippen molar-refractivity contribution >= 4 is 29.1 Å². The van der Waals surface area contributed by atoms with Crippen molar-refractivity contribution < 1.29 is 19.8 Å². The van der Waals surface area contributed by atoms with Gasteiger partial charge >= 0.3 is 11.9 Å². The van der Waals surface area contributed by atoms with Crippen LogP contribution in [0.3, 0.4) is 0 Å². The largest absolute Gasteiger partial charge is 0.473 e. The molecule has 0 aliphatic carbocycles. The number of hydrogen-bond acceptors (Lipinski definition) is 4. The SMILES string of the molecule is CN(C)C/C=C(/c1ccc(Cl)cc1)c1cccnc1.O=C(O)C(=O)O. The highest BCUT2D eigenvalue weighted by Gasteiger charge is 2.05. The predicted octanol–water partition coefficient (Wildman–Crippen LogP) is 2.88. The van der Waals surface area contributed by atoms with Crippen LogP contribution in [0.25, 0.3) is 5.57 Å². The number of halogens is 1. The second kappa shape index (κ2) is 10.2. The number of pyridine rings is 1. The van der Waals surface area contributed by atoms with E-state index in [1.165, 1.54) is 5.57 Å². The van der Waals surface area contributed by atoms with Crippen LogP contribution in [0.1, 0.15) is 11.1 Å². The van der Waals surface area contributed by atoms with Crippen LogP contribution in [0.4, 0.5) is 0 Å². The molecule has 0 spiro atoms. The maximum Gasteiger partial charge on any atom is 0.414 e. The average Bonchev–Trinajstić information content (AvgIpc) is 2.58. The standard InChI is InChI=1S/C16H17ClN2.C2H2O4/c1-19(2)11-9-16(14-4-3-10-18-12-14)13-5-7-15(17)8-6-13;3-1(4)2(5)6/h3-10,12H,11H2,1-2H3;(H,3,4)(H,5,6)/b16-9-;. The van der Waals surface area contributed by atoms with Crippen molar-refractivity contribution in [2.24, 2.45) is 0 Å². The summed E-state index contributed by atoms with van der Waals surface area (Å²) in [6, 6.07) is 11.9. The molecular weight excluding hydrogens is 344 g/mol. The van der Waals surface area contributed by atoms with Gasteiger partial charge in [-0.05, 0) is 43.4 Å². The predicted molar refractivity (Wildman–Crippen MR) is 96.6 cm³/mol. The molecule has 132 valence electrons. The van der Waals surface area contributed by atoms with Crippen molar-refractivity contribution in [3.8, 4) is 0 Å². The van der Waals surface area contributed by atoms with E-state index in [1.807, 2.05) is 36.5 Å². The van der Waals surface area contributed by atoms with Crippen LogP contribution in [0.2, 0.25) is 5.02 Å². The van der Waals surface area contributed by atoms with Crippen molar-refractivity contribution in [2.45, 2.75) is 0 Å². The van der Waals surface area contributed by atoms with Crippen LogP contribution in [0.15, 0.2) is 54.9 Å². The normalized spacial score (nSPS) is 10.8. The van der Waals surface area contributed by atoms with E-state index in [-0.39, 0.29) is 0 Å². The molecule has 25 heavy (non-hydrogen) atoms. The summed E-state index contributed by atoms with van der Waals surface area (Å²) in [7, 11) is 4.11. The topological polar surface area (TPSA) is 90.7 Å². The molecule has 0 amide bonds. The highest BCUT2D eigenvalue weighted by Crippen LogP contribution is 2.24. The number of rotatable bonds is 4. The van der Waals surface area contributed by atoms with E-state index in [2.05, 4.69) is 36.1 Å². The van der Waals surface area contributed by atoms with Gasteiger partial charge in [-0.2, -0.15) is 0 Å². The maximum absolute atomic E-state index is 9.10. The van der Waals surface area contributed by atoms with Gasteiger partial charge in [-0.15, -0.1) is 0 Å². The zero-order chi connectivity index (χ0) is 18.8. The molecule has 0 aliphatic heterocycles. The Hall–Kier alpha value is -2.70. The van der Waals surface area contributed by atoms with Crippen LogP contribution < -0.4 is 0 Å². The molecule has 6 nitrogen and oxygen atoms in total. The summed E-state index contributed by atoms with van der Waals surface area (Å²) >= 11 is 5.95. The molecule has 0 unspecified atom stereocenters. The van der Waals surface area contributed by atoms with Gasteiger partial charge in [0.15, 0.2) is 0 Å². The fraction of sp³-hybridized carbons (Fsp3) is 0.167. The summed E-state index contributed by atoms with van der Waals surface area (Å²) in [6.07, 6.45) is 5.88. The van der Waals surface area contributed by atoms with Gasteiger partial charge in [0.1, 0.15) is 0 Å². The van der Waals surface area contributed by atoms with Gasteiger partial charge in [-0.3, -0.25) is 4.98 Å². The molecule has 0 fully saturated rings. The first-order valence-electron chi connectivity index (χ1n) is 7.28. The third-order valence-corrected chi connectivity index (χ3v) is 3.22. The van der Waals surface area contributed by atoms with Crippen molar-refractivity contribution in [2.75, 3.05) is 20.6 Å². The molecule has 0 aliphatic rings. The van der Waals surface area contributed by atoms with Gasteiger partial charge in [0, 0.05) is 29.5 Å². The Kier molecular flexibility index (Phi) is 8.32. The minimum atomic E-state index is -1.82. The van der Waals surface area contributed by atoms with E-state index in [1.54, 1.807) is 6.20 Å².